The molecule has 0 radical (unpaired) electrons. The summed E-state index contributed by atoms with van der Waals surface area (Å²) in [4.78, 5) is 0. The van der Waals surface area contributed by atoms with E-state index in [0.29, 0.717) is 0 Å². The zero-order valence-corrected chi connectivity index (χ0v) is 8.35. The van der Waals surface area contributed by atoms with E-state index >= 15 is 0 Å². The van der Waals surface area contributed by atoms with Crippen molar-refractivity contribution in [1.82, 2.24) is 0 Å². The Morgan fingerprint density at radius 2 is 1.42 bits per heavy atom. The van der Waals surface area contributed by atoms with Gasteiger partial charge in [-0.05, 0) is 34.6 Å². The molecule has 0 aromatic heterocycles. The van der Waals surface area contributed by atoms with Crippen LogP contribution in [0.3, 0.4) is 0 Å². The molecule has 0 aliphatic carbocycles. The number of hydrogen-bond donors (Lipinski definition) is 0. The average Bonchev–Trinajstić information content (AvgIpc) is 2.03. The molecular formula is C8H16BFO2. The van der Waals surface area contributed by atoms with Crippen LogP contribution in [0.15, 0.2) is 0 Å². The first-order valence-electron chi connectivity index (χ1n) is 4.26. The van der Waals surface area contributed by atoms with Gasteiger partial charge in [0.2, 0.25) is 0 Å². The summed E-state index contributed by atoms with van der Waals surface area (Å²) in [7, 11) is -0.713. The minimum atomic E-state index is -1.08. The zero-order valence-electron chi connectivity index (χ0n) is 8.35. The van der Waals surface area contributed by atoms with Crippen LogP contribution in [0.1, 0.15) is 34.6 Å². The Morgan fingerprint density at radius 1 is 1.08 bits per heavy atom. The summed E-state index contributed by atoms with van der Waals surface area (Å²) in [6, 6.07) is 0. The van der Waals surface area contributed by atoms with Crippen molar-refractivity contribution in [1.29, 1.82) is 0 Å². The van der Waals surface area contributed by atoms with Gasteiger partial charge in [0.05, 0.1) is 11.2 Å². The number of rotatable bonds is 1. The Labute approximate surface area is 73.6 Å². The summed E-state index contributed by atoms with van der Waals surface area (Å²) in [5, 5.41) is 0. The van der Waals surface area contributed by atoms with Gasteiger partial charge in [-0.3, -0.25) is 4.39 Å². The largest absolute Gasteiger partial charge is 0.494 e. The molecule has 1 saturated heterocycles. The van der Waals surface area contributed by atoms with Crippen LogP contribution in [0, 0.1) is 0 Å². The predicted octanol–water partition coefficient (Wildman–Crippen LogP) is 1.98. The Hall–Kier alpha value is -0.0851. The van der Waals surface area contributed by atoms with Gasteiger partial charge in [-0.1, -0.05) is 0 Å². The van der Waals surface area contributed by atoms with Gasteiger partial charge in [0.1, 0.15) is 6.07 Å². The molecule has 0 saturated carbocycles. The van der Waals surface area contributed by atoms with Crippen LogP contribution in [0.4, 0.5) is 4.39 Å². The number of alkyl halides is 1. The highest BCUT2D eigenvalue weighted by Crippen LogP contribution is 2.37. The van der Waals surface area contributed by atoms with E-state index in [1.54, 1.807) is 0 Å². The first kappa shape index (κ1) is 10.00. The third-order valence-corrected chi connectivity index (χ3v) is 2.65. The Morgan fingerprint density at radius 3 is 1.58 bits per heavy atom. The molecule has 2 nitrogen and oxygen atoms in total. The van der Waals surface area contributed by atoms with Crippen LogP contribution in [0.5, 0.6) is 0 Å². The highest BCUT2D eigenvalue weighted by atomic mass is 19.1. The molecule has 12 heavy (non-hydrogen) atoms. The summed E-state index contributed by atoms with van der Waals surface area (Å²) in [6.45, 7) is 9.09. The Bertz CT molecular complexity index is 164. The molecule has 1 aliphatic rings. The monoisotopic (exact) mass is 174 g/mol. The molecule has 0 aromatic rings. The fraction of sp³-hybridized carbons (Fsp3) is 1.00. The maximum atomic E-state index is 12.8. The molecule has 1 aliphatic heterocycles. The molecule has 1 fully saturated rings. The minimum absolute atomic E-state index is 0.419. The summed E-state index contributed by atoms with van der Waals surface area (Å²) in [5.41, 5.74) is -0.837. The standard InChI is InChI=1S/C8H16BFO2/c1-6(10)9-11-7(2,3)8(4,5)12-9/h6H,1-5H3. The van der Waals surface area contributed by atoms with Crippen LogP contribution in [0.2, 0.25) is 0 Å². The molecule has 0 bridgehead atoms. The van der Waals surface area contributed by atoms with Gasteiger partial charge >= 0.3 is 7.12 Å². The first-order chi connectivity index (χ1) is 5.26. The van der Waals surface area contributed by atoms with Gasteiger partial charge in [0.15, 0.2) is 0 Å². The van der Waals surface area contributed by atoms with E-state index < -0.39 is 24.4 Å². The number of hydrogen-bond acceptors (Lipinski definition) is 2. The third-order valence-electron chi connectivity index (χ3n) is 2.65. The molecular weight excluding hydrogens is 158 g/mol. The average molecular weight is 174 g/mol. The fourth-order valence-corrected chi connectivity index (χ4v) is 1.08. The van der Waals surface area contributed by atoms with E-state index in [0.717, 1.165) is 0 Å². The lowest BCUT2D eigenvalue weighted by Crippen LogP contribution is -2.41. The molecule has 4 heteroatoms. The minimum Gasteiger partial charge on any atom is -0.401 e. The van der Waals surface area contributed by atoms with E-state index in [9.17, 15) is 4.39 Å². The van der Waals surface area contributed by atoms with Gasteiger partial charge in [-0.25, -0.2) is 0 Å². The van der Waals surface area contributed by atoms with Crippen molar-refractivity contribution in [2.75, 3.05) is 0 Å². The van der Waals surface area contributed by atoms with E-state index in [2.05, 4.69) is 0 Å². The van der Waals surface area contributed by atoms with Crippen LogP contribution < -0.4 is 0 Å². The molecule has 70 valence electrons. The summed E-state index contributed by atoms with van der Waals surface area (Å²) < 4.78 is 23.7. The molecule has 0 N–H and O–H groups in total. The number of halogens is 1. The molecule has 1 heterocycles. The van der Waals surface area contributed by atoms with E-state index in [-0.39, 0.29) is 0 Å². The lowest BCUT2D eigenvalue weighted by Gasteiger charge is -2.32. The van der Waals surface area contributed by atoms with Crippen LogP contribution in [-0.2, 0) is 9.31 Å². The smallest absolute Gasteiger partial charge is 0.401 e. The second kappa shape index (κ2) is 2.71. The summed E-state index contributed by atoms with van der Waals surface area (Å²) in [6.07, 6.45) is -1.08. The Balaban J connectivity index is 2.74. The highest BCUT2D eigenvalue weighted by molar-refractivity contribution is 6.46. The Kier molecular flexibility index (Phi) is 2.25. The van der Waals surface area contributed by atoms with Crippen LogP contribution >= 0.6 is 0 Å². The van der Waals surface area contributed by atoms with Crippen molar-refractivity contribution in [3.05, 3.63) is 0 Å². The van der Waals surface area contributed by atoms with Crippen LogP contribution in [0.25, 0.3) is 0 Å². The van der Waals surface area contributed by atoms with Crippen molar-refractivity contribution in [2.24, 2.45) is 0 Å². The van der Waals surface area contributed by atoms with Gasteiger partial charge in [-0.15, -0.1) is 0 Å². The normalized spacial score (nSPS) is 29.0. The molecule has 0 amide bonds. The fourth-order valence-electron chi connectivity index (χ4n) is 1.08. The maximum absolute atomic E-state index is 12.8. The first-order valence-corrected chi connectivity index (χ1v) is 4.26. The highest BCUT2D eigenvalue weighted by Gasteiger charge is 2.53. The van der Waals surface area contributed by atoms with Crippen molar-refractivity contribution in [2.45, 2.75) is 51.9 Å². The van der Waals surface area contributed by atoms with E-state index in [1.165, 1.54) is 6.92 Å². The third kappa shape index (κ3) is 1.50. The topological polar surface area (TPSA) is 18.5 Å². The lowest BCUT2D eigenvalue weighted by atomic mass is 9.84. The van der Waals surface area contributed by atoms with Crippen molar-refractivity contribution in [3.8, 4) is 0 Å². The van der Waals surface area contributed by atoms with Crippen molar-refractivity contribution >= 4 is 7.12 Å². The summed E-state index contributed by atoms with van der Waals surface area (Å²) >= 11 is 0. The quantitative estimate of drug-likeness (QED) is 0.565. The summed E-state index contributed by atoms with van der Waals surface area (Å²) in [5.74, 6) is 0. The molecule has 1 atom stereocenters. The second-order valence-electron chi connectivity index (χ2n) is 4.30. The van der Waals surface area contributed by atoms with Gasteiger partial charge in [0.25, 0.3) is 0 Å². The molecule has 1 rings (SSSR count). The lowest BCUT2D eigenvalue weighted by molar-refractivity contribution is 0.00578. The molecule has 1 unspecified atom stereocenters. The second-order valence-corrected chi connectivity index (χ2v) is 4.30. The van der Waals surface area contributed by atoms with E-state index in [4.69, 9.17) is 9.31 Å². The SMILES string of the molecule is CC(F)B1OC(C)(C)C(C)(C)O1. The van der Waals surface area contributed by atoms with Gasteiger partial charge in [-0.2, -0.15) is 0 Å². The van der Waals surface area contributed by atoms with Crippen molar-refractivity contribution < 1.29 is 13.7 Å². The molecule has 0 spiro atoms. The van der Waals surface area contributed by atoms with Crippen LogP contribution in [-0.4, -0.2) is 24.4 Å². The maximum Gasteiger partial charge on any atom is 0.494 e. The van der Waals surface area contributed by atoms with Gasteiger partial charge < -0.3 is 9.31 Å². The predicted molar refractivity (Wildman–Crippen MR) is 46.7 cm³/mol. The van der Waals surface area contributed by atoms with E-state index in [1.807, 2.05) is 27.7 Å². The van der Waals surface area contributed by atoms with Gasteiger partial charge in [0, 0.05) is 0 Å². The molecule has 0 aromatic carbocycles. The zero-order chi connectivity index (χ0) is 9.57. The van der Waals surface area contributed by atoms with Crippen molar-refractivity contribution in [3.63, 3.8) is 0 Å².